The van der Waals surface area contributed by atoms with E-state index in [1.165, 1.54) is 24.3 Å². The largest absolute Gasteiger partial charge is 0.456 e. The van der Waals surface area contributed by atoms with Crippen molar-refractivity contribution in [1.82, 2.24) is 9.62 Å². The molecule has 3 heterocycles. The van der Waals surface area contributed by atoms with Gasteiger partial charge in [0.1, 0.15) is 28.2 Å². The molecule has 2 aliphatic rings. The van der Waals surface area contributed by atoms with E-state index < -0.39 is 33.0 Å². The molecule has 3 aromatic carbocycles. The van der Waals surface area contributed by atoms with Gasteiger partial charge >= 0.3 is 5.63 Å². The maximum atomic E-state index is 14.3. The molecule has 4 aromatic rings. The molecule has 58 heavy (non-hydrogen) atoms. The average molecular weight is 835 g/mol. The molecule has 310 valence electrons. The highest BCUT2D eigenvalue weighted by Gasteiger charge is 2.57. The van der Waals surface area contributed by atoms with Crippen LogP contribution in [-0.4, -0.2) is 96.8 Å². The first-order chi connectivity index (χ1) is 27.8. The average Bonchev–Trinajstić information content (AvgIpc) is 3.44. The molecule has 0 radical (unpaired) electrons. The normalized spacial score (nSPS) is 15.9. The van der Waals surface area contributed by atoms with Crippen molar-refractivity contribution in [2.24, 2.45) is 0 Å². The Morgan fingerprint density at radius 1 is 0.845 bits per heavy atom. The molecule has 2 aliphatic heterocycles. The van der Waals surface area contributed by atoms with Gasteiger partial charge in [0.15, 0.2) is 0 Å². The number of fused-ring (bicyclic) bond motifs is 5. The van der Waals surface area contributed by atoms with Crippen LogP contribution in [0.15, 0.2) is 76.0 Å². The summed E-state index contributed by atoms with van der Waals surface area (Å²) in [6, 6.07) is 16.9. The Balaban J connectivity index is 1.35. The third-order valence-electron chi connectivity index (χ3n) is 10.4. The summed E-state index contributed by atoms with van der Waals surface area (Å²) in [5.74, 6) is -0.351. The fraction of sp³-hybridized carbons (Fsp3) is 0.419. The van der Waals surface area contributed by atoms with Crippen LogP contribution in [0.25, 0.3) is 16.7 Å². The van der Waals surface area contributed by atoms with Gasteiger partial charge in [0.05, 0.1) is 26.1 Å². The summed E-state index contributed by atoms with van der Waals surface area (Å²) in [5.41, 5.74) is 0.307. The van der Waals surface area contributed by atoms with Crippen molar-refractivity contribution in [2.75, 3.05) is 82.1 Å². The first-order valence-electron chi connectivity index (χ1n) is 19.6. The molecule has 0 saturated carbocycles. The van der Waals surface area contributed by atoms with E-state index in [4.69, 9.17) is 30.2 Å². The maximum Gasteiger partial charge on any atom is 0.347 e. The number of anilines is 2. The van der Waals surface area contributed by atoms with E-state index in [0.717, 1.165) is 60.7 Å². The number of amides is 2. The zero-order valence-corrected chi connectivity index (χ0v) is 35.2. The molecule has 1 atom stereocenters. The van der Waals surface area contributed by atoms with Crippen molar-refractivity contribution < 1.29 is 36.6 Å². The van der Waals surface area contributed by atoms with Crippen LogP contribution >= 0.6 is 11.6 Å². The maximum absolute atomic E-state index is 14.3. The molecule has 1 spiro atoms. The van der Waals surface area contributed by atoms with Crippen molar-refractivity contribution in [3.8, 4) is 5.75 Å². The first-order valence-corrected chi connectivity index (χ1v) is 22.0. The summed E-state index contributed by atoms with van der Waals surface area (Å²) < 4.78 is 52.0. The minimum absolute atomic E-state index is 0.0107. The molecule has 1 aromatic heterocycles. The fourth-order valence-corrected chi connectivity index (χ4v) is 8.84. The Morgan fingerprint density at radius 3 is 2.28 bits per heavy atom. The lowest BCUT2D eigenvalue weighted by atomic mass is 9.80. The SMILES string of the molecule is CCN(CC)c1ccc2cc(C3=CC4(c5ccc(N(C)C)cc5O3)c3cc(C(=O)NCCOCCOCCCCCCCl)ccc3C(=O)N4S(C)(=O)=O)c(=O)oc2c1. The summed E-state index contributed by atoms with van der Waals surface area (Å²) in [4.78, 5) is 45.6. The Morgan fingerprint density at radius 2 is 1.57 bits per heavy atom. The summed E-state index contributed by atoms with van der Waals surface area (Å²) in [6.45, 7) is 7.53. The van der Waals surface area contributed by atoms with Gasteiger partial charge in [-0.3, -0.25) is 9.59 Å². The number of nitrogens with one attached hydrogen (secondary N) is 1. The fourth-order valence-electron chi connectivity index (χ4n) is 7.48. The van der Waals surface area contributed by atoms with Gasteiger partial charge in [0, 0.05) is 97.4 Å². The van der Waals surface area contributed by atoms with E-state index >= 15 is 0 Å². The van der Waals surface area contributed by atoms with Crippen LogP contribution in [0.3, 0.4) is 0 Å². The number of alkyl halides is 1. The zero-order chi connectivity index (χ0) is 41.6. The molecule has 0 bridgehead atoms. The van der Waals surface area contributed by atoms with Crippen molar-refractivity contribution in [2.45, 2.75) is 45.1 Å². The van der Waals surface area contributed by atoms with Crippen molar-refractivity contribution >= 4 is 61.5 Å². The molecule has 0 saturated heterocycles. The van der Waals surface area contributed by atoms with E-state index in [9.17, 15) is 22.8 Å². The smallest absolute Gasteiger partial charge is 0.347 e. The number of hydrogen-bond acceptors (Lipinski definition) is 11. The van der Waals surface area contributed by atoms with Gasteiger partial charge in [-0.25, -0.2) is 17.5 Å². The highest BCUT2D eigenvalue weighted by Crippen LogP contribution is 2.54. The summed E-state index contributed by atoms with van der Waals surface area (Å²) in [6.07, 6.45) is 6.54. The summed E-state index contributed by atoms with van der Waals surface area (Å²) in [7, 11) is -0.612. The van der Waals surface area contributed by atoms with Gasteiger partial charge in [-0.2, -0.15) is 0 Å². The third-order valence-corrected chi connectivity index (χ3v) is 11.8. The number of ether oxygens (including phenoxy) is 3. The number of hydrogen-bond donors (Lipinski definition) is 1. The van der Waals surface area contributed by atoms with Crippen LogP contribution in [0.4, 0.5) is 11.4 Å². The number of nitrogens with zero attached hydrogens (tertiary/aromatic N) is 3. The summed E-state index contributed by atoms with van der Waals surface area (Å²) in [5, 5.41) is 3.46. The van der Waals surface area contributed by atoms with Crippen molar-refractivity contribution in [3.05, 3.63) is 105 Å². The second kappa shape index (κ2) is 18.4. The van der Waals surface area contributed by atoms with E-state index in [2.05, 4.69) is 10.2 Å². The van der Waals surface area contributed by atoms with Crippen LogP contribution < -0.4 is 25.5 Å². The van der Waals surface area contributed by atoms with E-state index in [0.29, 0.717) is 42.2 Å². The van der Waals surface area contributed by atoms with Gasteiger partial charge in [0.25, 0.3) is 11.8 Å². The Kier molecular flexibility index (Phi) is 13.5. The third kappa shape index (κ3) is 8.75. The first kappa shape index (κ1) is 42.7. The number of halogens is 1. The predicted octanol–water partition coefficient (Wildman–Crippen LogP) is 6.36. The molecule has 13 nitrogen and oxygen atoms in total. The second-order valence-electron chi connectivity index (χ2n) is 14.5. The number of sulfonamides is 1. The zero-order valence-electron chi connectivity index (χ0n) is 33.6. The monoisotopic (exact) mass is 834 g/mol. The quantitative estimate of drug-likeness (QED) is 0.0640. The van der Waals surface area contributed by atoms with Gasteiger partial charge in [0.2, 0.25) is 10.0 Å². The lowest BCUT2D eigenvalue weighted by Gasteiger charge is -2.40. The molecule has 1 N–H and O–H groups in total. The predicted molar refractivity (Wildman–Crippen MR) is 227 cm³/mol. The van der Waals surface area contributed by atoms with Gasteiger partial charge in [-0.05, 0) is 75.2 Å². The molecule has 0 aliphatic carbocycles. The number of rotatable bonds is 19. The second-order valence-corrected chi connectivity index (χ2v) is 16.7. The lowest BCUT2D eigenvalue weighted by molar-refractivity contribution is 0.0468. The lowest BCUT2D eigenvalue weighted by Crippen LogP contribution is -2.48. The molecule has 15 heteroatoms. The molecule has 6 rings (SSSR count). The minimum Gasteiger partial charge on any atom is -0.456 e. The Bertz CT molecular complexity index is 2360. The highest BCUT2D eigenvalue weighted by atomic mass is 35.5. The van der Waals surface area contributed by atoms with Crippen LogP contribution in [0.1, 0.15) is 76.9 Å². The number of carbonyl (C=O) groups excluding carboxylic acids is 2. The van der Waals surface area contributed by atoms with Gasteiger partial charge in [-0.15, -0.1) is 11.6 Å². The van der Waals surface area contributed by atoms with E-state index in [1.807, 2.05) is 51.0 Å². The molecule has 1 unspecified atom stereocenters. The Hall–Kier alpha value is -4.89. The molecular weight excluding hydrogens is 784 g/mol. The van der Waals surface area contributed by atoms with Crippen LogP contribution in [0.2, 0.25) is 0 Å². The van der Waals surface area contributed by atoms with Gasteiger partial charge in [-0.1, -0.05) is 18.9 Å². The number of carbonyl (C=O) groups is 2. The number of unbranched alkanes of at least 4 members (excludes halogenated alkanes) is 3. The topological polar surface area (TPSA) is 148 Å². The molecule has 0 fully saturated rings. The standard InChI is InChI=1S/C43H51ClN4O9S/c1-6-47(7-2)32-14-12-29-24-34(42(51)57-37(29)27-32)39-28-43(35-17-15-31(46(3)4)26-38(35)56-39)36-25-30(13-16-33(36)41(50)48(43)58(5,52)53)40(49)45-19-21-55-23-22-54-20-11-9-8-10-18-44/h12-17,24-28H,6-11,18-23H2,1-5H3,(H,45,49). The van der Waals surface area contributed by atoms with Crippen LogP contribution in [0.5, 0.6) is 5.75 Å². The Labute approximate surface area is 344 Å². The van der Waals surface area contributed by atoms with Crippen molar-refractivity contribution in [3.63, 3.8) is 0 Å². The molecule has 2 amide bonds. The van der Waals surface area contributed by atoms with E-state index in [1.54, 1.807) is 24.3 Å². The van der Waals surface area contributed by atoms with Crippen LogP contribution in [0, 0.1) is 0 Å². The highest BCUT2D eigenvalue weighted by molar-refractivity contribution is 7.89. The summed E-state index contributed by atoms with van der Waals surface area (Å²) >= 11 is 5.72. The van der Waals surface area contributed by atoms with E-state index in [-0.39, 0.29) is 46.9 Å². The van der Waals surface area contributed by atoms with Crippen molar-refractivity contribution in [1.29, 1.82) is 0 Å². The minimum atomic E-state index is -4.30. The number of benzene rings is 3. The van der Waals surface area contributed by atoms with Crippen LogP contribution in [-0.2, 0) is 25.0 Å². The molecular formula is C43H51ClN4O9S. The van der Waals surface area contributed by atoms with Gasteiger partial charge < -0.3 is 33.7 Å².